The van der Waals surface area contributed by atoms with Crippen LogP contribution in [0.5, 0.6) is 0 Å². The summed E-state index contributed by atoms with van der Waals surface area (Å²) in [6.07, 6.45) is 2.00. The van der Waals surface area contributed by atoms with E-state index >= 15 is 0 Å². The number of hydrogen-bond acceptors (Lipinski definition) is 5. The number of aromatic carboxylic acids is 1. The predicted molar refractivity (Wildman–Crippen MR) is 69.4 cm³/mol. The number of aromatic nitrogens is 1. The summed E-state index contributed by atoms with van der Waals surface area (Å²) in [4.78, 5) is 26.4. The molecule has 1 fully saturated rings. The molecule has 0 saturated carbocycles. The molecule has 2 unspecified atom stereocenters. The topological polar surface area (TPSA) is 88.5 Å². The highest BCUT2D eigenvalue weighted by atomic mass is 32.1. The average Bonchev–Trinajstić information content (AvgIpc) is 2.98. The van der Waals surface area contributed by atoms with Crippen LogP contribution in [-0.4, -0.2) is 40.7 Å². The minimum Gasteiger partial charge on any atom is -0.476 e. The van der Waals surface area contributed by atoms with Crippen LogP contribution in [0.25, 0.3) is 0 Å². The average molecular weight is 284 g/mol. The monoisotopic (exact) mass is 284 g/mol. The first kappa shape index (κ1) is 14.0. The summed E-state index contributed by atoms with van der Waals surface area (Å²) < 4.78 is 5.46. The predicted octanol–water partition coefficient (Wildman–Crippen LogP) is 1.07. The molecule has 2 N–H and O–H groups in total. The minimum atomic E-state index is -1.03. The van der Waals surface area contributed by atoms with Crippen molar-refractivity contribution < 1.29 is 19.4 Å². The molecule has 0 radical (unpaired) electrons. The number of hydrogen-bond donors (Lipinski definition) is 2. The molecule has 1 amide bonds. The fourth-order valence-corrected chi connectivity index (χ4v) is 2.70. The summed E-state index contributed by atoms with van der Waals surface area (Å²) in [6, 6.07) is 0. The summed E-state index contributed by atoms with van der Waals surface area (Å²) in [6.45, 7) is 2.40. The standard InChI is InChI=1S/C12H16N2O4S/c1-7-2-3-9(18-7)11(15)13-5-4-10-14-8(6-19-10)12(16)17/h6-7,9H,2-5H2,1H3,(H,13,15)(H,16,17). The fourth-order valence-electron chi connectivity index (χ4n) is 1.93. The number of carboxylic acid groups (broad SMARTS) is 1. The molecule has 1 aliphatic heterocycles. The van der Waals surface area contributed by atoms with Crippen LogP contribution in [-0.2, 0) is 16.0 Å². The zero-order valence-electron chi connectivity index (χ0n) is 10.6. The molecule has 6 nitrogen and oxygen atoms in total. The molecule has 7 heteroatoms. The Bertz CT molecular complexity index is 474. The van der Waals surface area contributed by atoms with Crippen molar-refractivity contribution in [2.45, 2.75) is 38.4 Å². The highest BCUT2D eigenvalue weighted by molar-refractivity contribution is 7.09. The van der Waals surface area contributed by atoms with Crippen LogP contribution in [0.2, 0.25) is 0 Å². The van der Waals surface area contributed by atoms with Gasteiger partial charge in [0.15, 0.2) is 5.69 Å². The molecule has 1 aliphatic rings. The van der Waals surface area contributed by atoms with Crippen molar-refractivity contribution in [2.75, 3.05) is 6.54 Å². The second-order valence-electron chi connectivity index (χ2n) is 4.49. The Balaban J connectivity index is 1.73. The van der Waals surface area contributed by atoms with E-state index in [1.54, 1.807) is 0 Å². The van der Waals surface area contributed by atoms with Gasteiger partial charge < -0.3 is 15.2 Å². The van der Waals surface area contributed by atoms with Gasteiger partial charge in [0.25, 0.3) is 0 Å². The van der Waals surface area contributed by atoms with E-state index in [1.165, 1.54) is 16.7 Å². The molecular formula is C12H16N2O4S. The zero-order chi connectivity index (χ0) is 13.8. The van der Waals surface area contributed by atoms with Crippen molar-refractivity contribution >= 4 is 23.2 Å². The molecular weight excluding hydrogens is 268 g/mol. The summed E-state index contributed by atoms with van der Waals surface area (Å²) in [7, 11) is 0. The van der Waals surface area contributed by atoms with E-state index in [1.807, 2.05) is 6.92 Å². The van der Waals surface area contributed by atoms with Gasteiger partial charge >= 0.3 is 5.97 Å². The Morgan fingerprint density at radius 2 is 2.37 bits per heavy atom. The lowest BCUT2D eigenvalue weighted by atomic mass is 10.2. The quantitative estimate of drug-likeness (QED) is 0.844. The zero-order valence-corrected chi connectivity index (χ0v) is 11.4. The number of amides is 1. The number of nitrogens with one attached hydrogen (secondary N) is 1. The Labute approximate surface area is 114 Å². The van der Waals surface area contributed by atoms with Crippen molar-refractivity contribution in [3.05, 3.63) is 16.1 Å². The second kappa shape index (κ2) is 6.12. The molecule has 1 saturated heterocycles. The smallest absolute Gasteiger partial charge is 0.355 e. The molecule has 1 aromatic rings. The highest BCUT2D eigenvalue weighted by Crippen LogP contribution is 2.19. The van der Waals surface area contributed by atoms with Gasteiger partial charge in [0.05, 0.1) is 11.1 Å². The fraction of sp³-hybridized carbons (Fsp3) is 0.583. The van der Waals surface area contributed by atoms with Crippen molar-refractivity contribution in [1.29, 1.82) is 0 Å². The lowest BCUT2D eigenvalue weighted by Gasteiger charge is -2.10. The molecule has 2 atom stereocenters. The van der Waals surface area contributed by atoms with Gasteiger partial charge in [-0.3, -0.25) is 4.79 Å². The molecule has 0 aromatic carbocycles. The van der Waals surface area contributed by atoms with Crippen LogP contribution >= 0.6 is 11.3 Å². The SMILES string of the molecule is CC1CCC(C(=O)NCCc2nc(C(=O)O)cs2)O1. The third-order valence-corrected chi connectivity index (χ3v) is 3.84. The van der Waals surface area contributed by atoms with Gasteiger partial charge in [0, 0.05) is 18.3 Å². The van der Waals surface area contributed by atoms with E-state index < -0.39 is 5.97 Å². The Morgan fingerprint density at radius 1 is 1.58 bits per heavy atom. The van der Waals surface area contributed by atoms with Crippen LogP contribution in [0, 0.1) is 0 Å². The lowest BCUT2D eigenvalue weighted by Crippen LogP contribution is -2.35. The van der Waals surface area contributed by atoms with E-state index in [9.17, 15) is 9.59 Å². The van der Waals surface area contributed by atoms with Gasteiger partial charge in [-0.05, 0) is 19.8 Å². The van der Waals surface area contributed by atoms with Gasteiger partial charge in [0.1, 0.15) is 6.10 Å². The maximum absolute atomic E-state index is 11.7. The summed E-state index contributed by atoms with van der Waals surface area (Å²) in [5, 5.41) is 13.7. The number of carbonyl (C=O) groups excluding carboxylic acids is 1. The van der Waals surface area contributed by atoms with Crippen molar-refractivity contribution in [2.24, 2.45) is 0 Å². The molecule has 0 bridgehead atoms. The summed E-state index contributed by atoms with van der Waals surface area (Å²) >= 11 is 1.29. The van der Waals surface area contributed by atoms with Crippen molar-refractivity contribution in [3.8, 4) is 0 Å². The first-order chi connectivity index (χ1) is 9.06. The van der Waals surface area contributed by atoms with Gasteiger partial charge in [-0.15, -0.1) is 11.3 Å². The van der Waals surface area contributed by atoms with E-state index in [4.69, 9.17) is 9.84 Å². The first-order valence-electron chi connectivity index (χ1n) is 6.17. The molecule has 2 heterocycles. The van der Waals surface area contributed by atoms with Crippen LogP contribution in [0.4, 0.5) is 0 Å². The summed E-state index contributed by atoms with van der Waals surface area (Å²) in [5.41, 5.74) is 0.0549. The molecule has 0 spiro atoms. The van der Waals surface area contributed by atoms with Crippen molar-refractivity contribution in [3.63, 3.8) is 0 Å². The maximum atomic E-state index is 11.7. The van der Waals surface area contributed by atoms with Crippen molar-refractivity contribution in [1.82, 2.24) is 10.3 Å². The molecule has 19 heavy (non-hydrogen) atoms. The number of nitrogens with zero attached hydrogens (tertiary/aromatic N) is 1. The van der Waals surface area contributed by atoms with Crippen LogP contribution < -0.4 is 5.32 Å². The van der Waals surface area contributed by atoms with Gasteiger partial charge in [-0.1, -0.05) is 0 Å². The number of carboxylic acids is 1. The van der Waals surface area contributed by atoms with Gasteiger partial charge in [-0.2, -0.15) is 0 Å². The molecule has 104 valence electrons. The Hall–Kier alpha value is -1.47. The Kier molecular flexibility index (Phi) is 4.49. The van der Waals surface area contributed by atoms with E-state index in [-0.39, 0.29) is 23.8 Å². The lowest BCUT2D eigenvalue weighted by molar-refractivity contribution is -0.131. The van der Waals surface area contributed by atoms with Gasteiger partial charge in [-0.25, -0.2) is 9.78 Å². The van der Waals surface area contributed by atoms with Crippen LogP contribution in [0.15, 0.2) is 5.38 Å². The number of rotatable bonds is 5. The Morgan fingerprint density at radius 3 is 2.95 bits per heavy atom. The van der Waals surface area contributed by atoms with E-state index in [2.05, 4.69) is 10.3 Å². The highest BCUT2D eigenvalue weighted by Gasteiger charge is 2.27. The van der Waals surface area contributed by atoms with Gasteiger partial charge in [0.2, 0.25) is 5.91 Å². The molecule has 2 rings (SSSR count). The molecule has 1 aromatic heterocycles. The third kappa shape index (κ3) is 3.74. The normalized spacial score (nSPS) is 22.4. The maximum Gasteiger partial charge on any atom is 0.355 e. The minimum absolute atomic E-state index is 0.0549. The number of carbonyl (C=O) groups is 2. The number of ether oxygens (including phenoxy) is 1. The number of thiazole rings is 1. The van der Waals surface area contributed by atoms with Crippen LogP contribution in [0.3, 0.4) is 0 Å². The largest absolute Gasteiger partial charge is 0.476 e. The first-order valence-corrected chi connectivity index (χ1v) is 7.05. The third-order valence-electron chi connectivity index (χ3n) is 2.93. The molecule has 0 aliphatic carbocycles. The van der Waals surface area contributed by atoms with E-state index in [0.717, 1.165) is 12.8 Å². The summed E-state index contributed by atoms with van der Waals surface area (Å²) in [5.74, 6) is -1.13. The second-order valence-corrected chi connectivity index (χ2v) is 5.43. The van der Waals surface area contributed by atoms with Crippen LogP contribution in [0.1, 0.15) is 35.3 Å². The van der Waals surface area contributed by atoms with E-state index in [0.29, 0.717) is 18.0 Å².